The molecule has 0 saturated carbocycles. The highest BCUT2D eigenvalue weighted by molar-refractivity contribution is 8.24. The van der Waals surface area contributed by atoms with E-state index >= 15 is 0 Å². The standard InChI is InChI=1S/C21H25ClN4O3S/c1-13(2)14-3-5-15(6-4-14)25-21(27)18-11-23-20-17(19(18)22)12-24-26(20)16-7-9-30(28,29)10-8-16/h3-6,11-13,16,28-29H,7-10H2,1-2H3,(H,25,27). The van der Waals surface area contributed by atoms with Crippen molar-refractivity contribution in [2.45, 2.75) is 38.6 Å². The molecule has 0 atom stereocenters. The molecule has 9 heteroatoms. The van der Waals surface area contributed by atoms with Crippen molar-refractivity contribution in [1.82, 2.24) is 14.8 Å². The number of fused-ring (bicyclic) bond motifs is 1. The van der Waals surface area contributed by atoms with E-state index in [0.717, 1.165) is 0 Å². The van der Waals surface area contributed by atoms with Gasteiger partial charge in [-0.25, -0.2) is 9.67 Å². The zero-order valence-corrected chi connectivity index (χ0v) is 18.5. The first-order chi connectivity index (χ1) is 14.2. The molecule has 0 bridgehead atoms. The van der Waals surface area contributed by atoms with Crippen molar-refractivity contribution in [3.63, 3.8) is 0 Å². The summed E-state index contributed by atoms with van der Waals surface area (Å²) in [4.78, 5) is 17.2. The minimum absolute atomic E-state index is 0.0325. The van der Waals surface area contributed by atoms with Crippen molar-refractivity contribution in [2.24, 2.45) is 0 Å². The summed E-state index contributed by atoms with van der Waals surface area (Å²) in [6, 6.07) is 7.77. The lowest BCUT2D eigenvalue weighted by Crippen LogP contribution is -2.24. The lowest BCUT2D eigenvalue weighted by Gasteiger charge is -2.39. The van der Waals surface area contributed by atoms with Crippen LogP contribution in [0.1, 0.15) is 54.6 Å². The largest absolute Gasteiger partial charge is 0.322 e. The number of carbonyl (C=O) groups excluding carboxylic acids is 1. The molecule has 0 radical (unpaired) electrons. The van der Waals surface area contributed by atoms with Gasteiger partial charge in [-0.2, -0.15) is 15.7 Å². The Morgan fingerprint density at radius 3 is 2.50 bits per heavy atom. The number of hydrogen-bond donors (Lipinski definition) is 3. The van der Waals surface area contributed by atoms with Gasteiger partial charge in [-0.3, -0.25) is 13.9 Å². The monoisotopic (exact) mass is 448 g/mol. The van der Waals surface area contributed by atoms with E-state index in [4.69, 9.17) is 11.6 Å². The van der Waals surface area contributed by atoms with E-state index in [1.165, 1.54) is 11.8 Å². The van der Waals surface area contributed by atoms with Crippen molar-refractivity contribution >= 4 is 44.8 Å². The fourth-order valence-corrected chi connectivity index (χ4v) is 5.45. The molecule has 1 amide bonds. The third-order valence-corrected chi connectivity index (χ3v) is 7.73. The topological polar surface area (TPSA) is 100 Å². The minimum Gasteiger partial charge on any atom is -0.322 e. The van der Waals surface area contributed by atoms with E-state index < -0.39 is 10.6 Å². The molecule has 30 heavy (non-hydrogen) atoms. The lowest BCUT2D eigenvalue weighted by atomic mass is 10.0. The van der Waals surface area contributed by atoms with Gasteiger partial charge in [-0.1, -0.05) is 37.6 Å². The van der Waals surface area contributed by atoms with E-state index in [1.807, 2.05) is 24.3 Å². The molecule has 160 valence electrons. The second-order valence-corrected chi connectivity index (χ2v) is 10.8. The number of pyridine rings is 1. The highest BCUT2D eigenvalue weighted by Crippen LogP contribution is 2.47. The summed E-state index contributed by atoms with van der Waals surface area (Å²) in [5.74, 6) is 0.821. The summed E-state index contributed by atoms with van der Waals surface area (Å²) in [6.45, 7) is 4.24. The van der Waals surface area contributed by atoms with Gasteiger partial charge in [0.05, 0.1) is 28.2 Å². The molecule has 0 spiro atoms. The maximum Gasteiger partial charge on any atom is 0.258 e. The van der Waals surface area contributed by atoms with E-state index in [2.05, 4.69) is 29.2 Å². The number of carbonyl (C=O) groups is 1. The van der Waals surface area contributed by atoms with Crippen LogP contribution >= 0.6 is 22.2 Å². The van der Waals surface area contributed by atoms with Gasteiger partial charge in [0, 0.05) is 23.4 Å². The Morgan fingerprint density at radius 2 is 1.87 bits per heavy atom. The molecule has 3 heterocycles. The van der Waals surface area contributed by atoms with Gasteiger partial charge in [0.15, 0.2) is 5.65 Å². The first-order valence-electron chi connectivity index (χ1n) is 9.92. The first-order valence-corrected chi connectivity index (χ1v) is 12.2. The Morgan fingerprint density at radius 1 is 1.20 bits per heavy atom. The van der Waals surface area contributed by atoms with E-state index in [-0.39, 0.29) is 17.5 Å². The number of nitrogens with zero attached hydrogens (tertiary/aromatic N) is 3. The Balaban J connectivity index is 1.56. The van der Waals surface area contributed by atoms with Crippen LogP contribution in [0, 0.1) is 0 Å². The molecule has 3 N–H and O–H groups in total. The maximum atomic E-state index is 12.8. The van der Waals surface area contributed by atoms with Crippen molar-refractivity contribution < 1.29 is 13.9 Å². The summed E-state index contributed by atoms with van der Waals surface area (Å²) in [6.07, 6.45) is 4.32. The predicted molar refractivity (Wildman–Crippen MR) is 122 cm³/mol. The predicted octanol–water partition coefficient (Wildman–Crippen LogP) is 5.55. The highest BCUT2D eigenvalue weighted by atomic mass is 35.5. The Labute approximate surface area is 181 Å². The summed E-state index contributed by atoms with van der Waals surface area (Å²) in [5, 5.41) is 8.20. The van der Waals surface area contributed by atoms with Gasteiger partial charge in [-0.05, 0) is 36.5 Å². The van der Waals surface area contributed by atoms with Crippen LogP contribution in [-0.4, -0.2) is 41.3 Å². The molecule has 1 aliphatic heterocycles. The fraction of sp³-hybridized carbons (Fsp3) is 0.381. The van der Waals surface area contributed by atoms with Crippen LogP contribution in [0.5, 0.6) is 0 Å². The number of rotatable bonds is 4. The van der Waals surface area contributed by atoms with Crippen LogP contribution in [0.25, 0.3) is 11.0 Å². The number of benzene rings is 1. The number of hydrogen-bond acceptors (Lipinski definition) is 5. The molecule has 1 aromatic carbocycles. The van der Waals surface area contributed by atoms with Crippen LogP contribution in [0.2, 0.25) is 5.02 Å². The zero-order valence-electron chi connectivity index (χ0n) is 16.9. The van der Waals surface area contributed by atoms with Gasteiger partial charge in [0.25, 0.3) is 5.91 Å². The summed E-state index contributed by atoms with van der Waals surface area (Å²) >= 11 is 6.54. The second-order valence-electron chi connectivity index (χ2n) is 7.98. The molecule has 0 aliphatic carbocycles. The molecule has 4 rings (SSSR count). The summed E-state index contributed by atoms with van der Waals surface area (Å²) in [7, 11) is -2.46. The van der Waals surface area contributed by atoms with Crippen molar-refractivity contribution in [1.29, 1.82) is 0 Å². The average Bonchev–Trinajstić information content (AvgIpc) is 3.13. The smallest absolute Gasteiger partial charge is 0.258 e. The van der Waals surface area contributed by atoms with Gasteiger partial charge in [0.1, 0.15) is 0 Å². The molecule has 2 aromatic heterocycles. The van der Waals surface area contributed by atoms with E-state index in [1.54, 1.807) is 10.9 Å². The Kier molecular flexibility index (Phi) is 5.76. The van der Waals surface area contributed by atoms with Crippen LogP contribution < -0.4 is 5.32 Å². The van der Waals surface area contributed by atoms with Crippen molar-refractivity contribution in [3.8, 4) is 0 Å². The second kappa shape index (κ2) is 8.19. The Bertz CT molecular complexity index is 1070. The molecule has 3 aromatic rings. The molecule has 1 aliphatic rings. The van der Waals surface area contributed by atoms with Crippen molar-refractivity contribution in [2.75, 3.05) is 16.8 Å². The fourth-order valence-electron chi connectivity index (χ4n) is 3.68. The average molecular weight is 449 g/mol. The quantitative estimate of drug-likeness (QED) is 0.486. The van der Waals surface area contributed by atoms with Crippen LogP contribution in [0.15, 0.2) is 36.7 Å². The zero-order chi connectivity index (χ0) is 21.5. The molecule has 7 nitrogen and oxygen atoms in total. The van der Waals surface area contributed by atoms with E-state index in [9.17, 15) is 13.9 Å². The third kappa shape index (κ3) is 4.18. The normalized spacial score (nSPS) is 17.9. The number of amides is 1. The minimum atomic E-state index is -2.46. The van der Waals surface area contributed by atoms with Gasteiger partial charge >= 0.3 is 0 Å². The molecule has 1 fully saturated rings. The van der Waals surface area contributed by atoms with E-state index in [0.29, 0.717) is 52.0 Å². The number of halogens is 1. The van der Waals surface area contributed by atoms with Crippen LogP contribution in [0.3, 0.4) is 0 Å². The molecular formula is C21H25ClN4O3S. The number of anilines is 1. The molecule has 1 saturated heterocycles. The lowest BCUT2D eigenvalue weighted by molar-refractivity contribution is 0.102. The Hall–Kier alpha value is -2.13. The van der Waals surface area contributed by atoms with Gasteiger partial charge in [0.2, 0.25) is 0 Å². The molecular weight excluding hydrogens is 424 g/mol. The maximum absolute atomic E-state index is 12.8. The van der Waals surface area contributed by atoms with Gasteiger partial charge < -0.3 is 5.32 Å². The summed E-state index contributed by atoms with van der Waals surface area (Å²) in [5.41, 5.74) is 2.78. The summed E-state index contributed by atoms with van der Waals surface area (Å²) < 4.78 is 21.5. The molecule has 0 unspecified atom stereocenters. The first kappa shape index (κ1) is 21.1. The number of nitrogens with one attached hydrogen (secondary N) is 1. The highest BCUT2D eigenvalue weighted by Gasteiger charge is 2.27. The number of aromatic nitrogens is 3. The van der Waals surface area contributed by atoms with Crippen LogP contribution in [0.4, 0.5) is 5.69 Å². The van der Waals surface area contributed by atoms with Crippen molar-refractivity contribution in [3.05, 3.63) is 52.8 Å². The van der Waals surface area contributed by atoms with Crippen LogP contribution in [-0.2, 0) is 0 Å². The van der Waals surface area contributed by atoms with Gasteiger partial charge in [-0.15, -0.1) is 0 Å². The third-order valence-electron chi connectivity index (χ3n) is 5.54. The SMILES string of the molecule is CC(C)c1ccc(NC(=O)c2cnc3c(cnn3C3CCS(O)(O)CC3)c2Cl)cc1.